The van der Waals surface area contributed by atoms with Gasteiger partial charge in [-0.15, -0.1) is 0 Å². The minimum atomic E-state index is -4.25. The Labute approximate surface area is 97.3 Å². The summed E-state index contributed by atoms with van der Waals surface area (Å²) in [6, 6.07) is 0. The number of nitrogens with two attached hydrogens (primary N) is 1. The summed E-state index contributed by atoms with van der Waals surface area (Å²) in [6.07, 6.45) is 1.25. The van der Waals surface area contributed by atoms with E-state index in [0.29, 0.717) is 6.42 Å². The van der Waals surface area contributed by atoms with E-state index in [-0.39, 0.29) is 24.1 Å². The summed E-state index contributed by atoms with van der Waals surface area (Å²) in [5.41, 5.74) is 0.446. The molecule has 0 aliphatic heterocycles. The number of alkyl halides is 3. The quantitative estimate of drug-likeness (QED) is 0.715. The zero-order valence-corrected chi connectivity index (χ0v) is 10.2. The summed E-state index contributed by atoms with van der Waals surface area (Å²) >= 11 is -0.156. The molecule has 16 heavy (non-hydrogen) atoms. The Kier molecular flexibility index (Phi) is 6.17. The van der Waals surface area contributed by atoms with Crippen LogP contribution < -0.4 is 11.1 Å². The third kappa shape index (κ3) is 6.95. The molecule has 0 aromatic heterocycles. The van der Waals surface area contributed by atoms with Crippen molar-refractivity contribution >= 4 is 17.7 Å². The van der Waals surface area contributed by atoms with Crippen molar-refractivity contribution in [3.05, 3.63) is 0 Å². The molecule has 0 fully saturated rings. The van der Waals surface area contributed by atoms with Crippen molar-refractivity contribution < 1.29 is 18.0 Å². The number of rotatable bonds is 6. The van der Waals surface area contributed by atoms with E-state index in [0.717, 1.165) is 6.42 Å². The van der Waals surface area contributed by atoms with Gasteiger partial charge in [0.2, 0.25) is 5.91 Å². The average Bonchev–Trinajstić information content (AvgIpc) is 2.10. The van der Waals surface area contributed by atoms with Crippen molar-refractivity contribution in [3.63, 3.8) is 0 Å². The predicted molar refractivity (Wildman–Crippen MR) is 59.0 cm³/mol. The van der Waals surface area contributed by atoms with Crippen LogP contribution in [0.2, 0.25) is 0 Å². The van der Waals surface area contributed by atoms with Crippen LogP contribution in [0.15, 0.2) is 0 Å². The summed E-state index contributed by atoms with van der Waals surface area (Å²) < 4.78 is 35.3. The van der Waals surface area contributed by atoms with Crippen LogP contribution in [0.5, 0.6) is 0 Å². The lowest BCUT2D eigenvalue weighted by molar-refractivity contribution is -0.125. The summed E-state index contributed by atoms with van der Waals surface area (Å²) in [6.45, 7) is 3.43. The highest BCUT2D eigenvalue weighted by molar-refractivity contribution is 8.00. The number of thioether (sulfide) groups is 1. The SMILES string of the molecule is CCCC(C)(N)C(=O)NCCSC(F)(F)F. The highest BCUT2D eigenvalue weighted by Crippen LogP contribution is 2.29. The number of carbonyl (C=O) groups is 1. The van der Waals surface area contributed by atoms with Crippen LogP contribution in [0.3, 0.4) is 0 Å². The normalized spacial score (nSPS) is 15.6. The maximum Gasteiger partial charge on any atom is 0.441 e. The van der Waals surface area contributed by atoms with Crippen molar-refractivity contribution in [3.8, 4) is 0 Å². The van der Waals surface area contributed by atoms with Crippen molar-refractivity contribution in [2.45, 2.75) is 37.7 Å². The minimum absolute atomic E-state index is 0.0283. The second kappa shape index (κ2) is 6.34. The van der Waals surface area contributed by atoms with Crippen molar-refractivity contribution in [1.29, 1.82) is 0 Å². The molecular formula is C9H17F3N2OS. The second-order valence-corrected chi connectivity index (χ2v) is 4.88. The molecule has 0 saturated heterocycles. The van der Waals surface area contributed by atoms with E-state index in [2.05, 4.69) is 5.32 Å². The predicted octanol–water partition coefficient (Wildman–Crippen LogP) is 1.87. The molecule has 0 heterocycles. The molecule has 0 aromatic rings. The molecule has 0 saturated carbocycles. The Morgan fingerprint density at radius 3 is 2.44 bits per heavy atom. The lowest BCUT2D eigenvalue weighted by Gasteiger charge is -2.22. The van der Waals surface area contributed by atoms with Gasteiger partial charge < -0.3 is 11.1 Å². The maximum atomic E-state index is 11.8. The Morgan fingerprint density at radius 1 is 1.44 bits per heavy atom. The number of nitrogens with one attached hydrogen (secondary N) is 1. The highest BCUT2D eigenvalue weighted by atomic mass is 32.2. The smallest absolute Gasteiger partial charge is 0.354 e. The molecule has 96 valence electrons. The molecule has 0 aliphatic rings. The highest BCUT2D eigenvalue weighted by Gasteiger charge is 2.29. The lowest BCUT2D eigenvalue weighted by atomic mass is 9.97. The first kappa shape index (κ1) is 15.6. The Hall–Kier alpha value is -0.430. The fraction of sp³-hybridized carbons (Fsp3) is 0.889. The maximum absolute atomic E-state index is 11.8. The largest absolute Gasteiger partial charge is 0.441 e. The summed E-state index contributed by atoms with van der Waals surface area (Å²) in [5, 5.41) is 2.40. The van der Waals surface area contributed by atoms with Gasteiger partial charge in [-0.25, -0.2) is 0 Å². The monoisotopic (exact) mass is 258 g/mol. The van der Waals surface area contributed by atoms with Crippen LogP contribution >= 0.6 is 11.8 Å². The molecule has 1 atom stereocenters. The molecule has 3 N–H and O–H groups in total. The molecule has 1 amide bonds. The van der Waals surface area contributed by atoms with Crippen LogP contribution in [0, 0.1) is 0 Å². The first-order chi connectivity index (χ1) is 7.19. The molecule has 3 nitrogen and oxygen atoms in total. The summed E-state index contributed by atoms with van der Waals surface area (Å²) in [7, 11) is 0. The minimum Gasteiger partial charge on any atom is -0.354 e. The molecule has 0 aliphatic carbocycles. The van der Waals surface area contributed by atoms with E-state index in [1.165, 1.54) is 0 Å². The second-order valence-electron chi connectivity index (χ2n) is 3.72. The van der Waals surface area contributed by atoms with Gasteiger partial charge in [0.1, 0.15) is 0 Å². The van der Waals surface area contributed by atoms with Crippen molar-refractivity contribution in [1.82, 2.24) is 5.32 Å². The van der Waals surface area contributed by atoms with E-state index in [4.69, 9.17) is 5.73 Å². The van der Waals surface area contributed by atoms with E-state index < -0.39 is 17.0 Å². The number of carbonyl (C=O) groups excluding carboxylic acids is 1. The van der Waals surface area contributed by atoms with E-state index in [1.54, 1.807) is 6.92 Å². The number of halogens is 3. The van der Waals surface area contributed by atoms with Crippen molar-refractivity contribution in [2.75, 3.05) is 12.3 Å². The molecule has 0 radical (unpaired) electrons. The molecule has 0 spiro atoms. The third-order valence-electron chi connectivity index (χ3n) is 1.94. The Bertz CT molecular complexity index is 231. The number of amides is 1. The number of hydrogen-bond acceptors (Lipinski definition) is 3. The zero-order chi connectivity index (χ0) is 12.8. The molecular weight excluding hydrogens is 241 g/mol. The lowest BCUT2D eigenvalue weighted by Crippen LogP contribution is -2.51. The van der Waals surface area contributed by atoms with Crippen LogP contribution in [0.4, 0.5) is 13.2 Å². The standard InChI is InChI=1S/C9H17F3N2OS/c1-3-4-8(2,13)7(15)14-5-6-16-9(10,11)12/h3-6,13H2,1-2H3,(H,14,15). The van der Waals surface area contributed by atoms with E-state index in [1.807, 2.05) is 6.92 Å². The van der Waals surface area contributed by atoms with Gasteiger partial charge in [-0.05, 0) is 25.1 Å². The molecule has 1 unspecified atom stereocenters. The summed E-state index contributed by atoms with van der Waals surface area (Å²) in [5.74, 6) is -0.602. The molecule has 0 bridgehead atoms. The van der Waals surface area contributed by atoms with Crippen LogP contribution in [-0.4, -0.2) is 29.3 Å². The van der Waals surface area contributed by atoms with Crippen LogP contribution in [-0.2, 0) is 4.79 Å². The number of hydrogen-bond donors (Lipinski definition) is 2. The van der Waals surface area contributed by atoms with Gasteiger partial charge >= 0.3 is 5.51 Å². The first-order valence-corrected chi connectivity index (χ1v) is 5.95. The van der Waals surface area contributed by atoms with Gasteiger partial charge in [0, 0.05) is 12.3 Å². The topological polar surface area (TPSA) is 55.1 Å². The van der Waals surface area contributed by atoms with Crippen LogP contribution in [0.25, 0.3) is 0 Å². The average molecular weight is 258 g/mol. The van der Waals surface area contributed by atoms with Gasteiger partial charge in [0.05, 0.1) is 5.54 Å². The fourth-order valence-electron chi connectivity index (χ4n) is 1.17. The summed E-state index contributed by atoms with van der Waals surface area (Å²) in [4.78, 5) is 11.5. The van der Waals surface area contributed by atoms with Gasteiger partial charge in [-0.1, -0.05) is 13.3 Å². The zero-order valence-electron chi connectivity index (χ0n) is 9.36. The van der Waals surface area contributed by atoms with Gasteiger partial charge in [-0.3, -0.25) is 4.79 Å². The first-order valence-electron chi connectivity index (χ1n) is 4.97. The van der Waals surface area contributed by atoms with E-state index in [9.17, 15) is 18.0 Å². The third-order valence-corrected chi connectivity index (χ3v) is 2.68. The molecule has 0 aromatic carbocycles. The Morgan fingerprint density at radius 2 is 2.00 bits per heavy atom. The van der Waals surface area contributed by atoms with E-state index >= 15 is 0 Å². The van der Waals surface area contributed by atoms with Gasteiger partial charge in [0.25, 0.3) is 0 Å². The van der Waals surface area contributed by atoms with Crippen LogP contribution in [0.1, 0.15) is 26.7 Å². The fourth-order valence-corrected chi connectivity index (χ4v) is 1.60. The van der Waals surface area contributed by atoms with Gasteiger partial charge in [-0.2, -0.15) is 13.2 Å². The Balaban J connectivity index is 3.82. The molecule has 7 heteroatoms. The van der Waals surface area contributed by atoms with Gasteiger partial charge in [0.15, 0.2) is 0 Å². The molecule has 0 rings (SSSR count). The van der Waals surface area contributed by atoms with Crippen molar-refractivity contribution in [2.24, 2.45) is 5.73 Å².